The van der Waals surface area contributed by atoms with E-state index in [0.717, 1.165) is 0 Å². The van der Waals surface area contributed by atoms with Crippen molar-refractivity contribution in [2.75, 3.05) is 0 Å². The Labute approximate surface area is 112 Å². The molecule has 0 aromatic heterocycles. The van der Waals surface area contributed by atoms with E-state index in [9.17, 15) is 9.18 Å². The van der Waals surface area contributed by atoms with Gasteiger partial charge >= 0.3 is 0 Å². The number of rotatable bonds is 4. The molecule has 18 heavy (non-hydrogen) atoms. The first kappa shape index (κ1) is 14.9. The lowest BCUT2D eigenvalue weighted by molar-refractivity contribution is -0.125. The summed E-state index contributed by atoms with van der Waals surface area (Å²) in [5, 5.41) is 3.11. The number of amides is 1. The zero-order valence-electron chi connectivity index (χ0n) is 10.7. The average Bonchev–Trinajstić information content (AvgIpc) is 2.27. The van der Waals surface area contributed by atoms with Crippen molar-refractivity contribution >= 4 is 17.5 Å². The Morgan fingerprint density at radius 3 is 2.50 bits per heavy atom. The summed E-state index contributed by atoms with van der Waals surface area (Å²) in [7, 11) is 0. The second-order valence-electron chi connectivity index (χ2n) is 4.54. The zero-order valence-corrected chi connectivity index (χ0v) is 11.5. The molecule has 0 aliphatic rings. The Morgan fingerprint density at radius 2 is 2.00 bits per heavy atom. The van der Waals surface area contributed by atoms with Gasteiger partial charge in [0, 0.05) is 17.0 Å². The Bertz CT molecular complexity index is 437. The Hall–Kier alpha value is -1.13. The predicted molar refractivity (Wildman–Crippen MR) is 70.8 cm³/mol. The molecule has 1 aromatic rings. The third-order valence-electron chi connectivity index (χ3n) is 2.99. The predicted octanol–water partition coefficient (Wildman–Crippen LogP) is 2.64. The van der Waals surface area contributed by atoms with E-state index in [1.54, 1.807) is 26.8 Å². The van der Waals surface area contributed by atoms with Crippen LogP contribution in [0.25, 0.3) is 0 Å². The fourth-order valence-electron chi connectivity index (χ4n) is 1.51. The van der Waals surface area contributed by atoms with Crippen molar-refractivity contribution in [3.05, 3.63) is 34.6 Å². The number of benzene rings is 1. The van der Waals surface area contributed by atoms with Crippen molar-refractivity contribution in [3.63, 3.8) is 0 Å². The van der Waals surface area contributed by atoms with E-state index < -0.39 is 5.82 Å². The van der Waals surface area contributed by atoms with Crippen LogP contribution in [-0.2, 0) is 4.79 Å². The first-order valence-electron chi connectivity index (χ1n) is 5.83. The normalized spacial score (nSPS) is 15.9. The average molecular weight is 273 g/mol. The molecule has 5 heteroatoms. The molecule has 3 N–H and O–H groups in total. The Kier molecular flexibility index (Phi) is 5.11. The highest BCUT2D eigenvalue weighted by Gasteiger charge is 2.20. The van der Waals surface area contributed by atoms with Crippen molar-refractivity contribution < 1.29 is 9.18 Å². The third-order valence-corrected chi connectivity index (χ3v) is 3.32. The van der Waals surface area contributed by atoms with E-state index in [4.69, 9.17) is 17.3 Å². The van der Waals surface area contributed by atoms with Gasteiger partial charge < -0.3 is 11.1 Å². The molecule has 1 amide bonds. The smallest absolute Gasteiger partial charge is 0.224 e. The number of halogens is 2. The lowest BCUT2D eigenvalue weighted by atomic mass is 10.0. The van der Waals surface area contributed by atoms with Crippen LogP contribution in [0.5, 0.6) is 0 Å². The van der Waals surface area contributed by atoms with Crippen molar-refractivity contribution in [1.29, 1.82) is 0 Å². The van der Waals surface area contributed by atoms with Crippen LogP contribution in [0.4, 0.5) is 4.39 Å². The highest BCUT2D eigenvalue weighted by Crippen LogP contribution is 2.23. The van der Waals surface area contributed by atoms with Gasteiger partial charge in [-0.3, -0.25) is 4.79 Å². The minimum Gasteiger partial charge on any atom is -0.349 e. The van der Waals surface area contributed by atoms with E-state index in [1.165, 1.54) is 12.1 Å². The van der Waals surface area contributed by atoms with Crippen LogP contribution in [0.15, 0.2) is 18.2 Å². The van der Waals surface area contributed by atoms with Crippen LogP contribution in [-0.4, -0.2) is 11.9 Å². The minimum absolute atomic E-state index is 0.141. The van der Waals surface area contributed by atoms with Gasteiger partial charge in [0.15, 0.2) is 0 Å². The second-order valence-corrected chi connectivity index (χ2v) is 4.95. The van der Waals surface area contributed by atoms with Crippen LogP contribution in [0.1, 0.15) is 32.4 Å². The van der Waals surface area contributed by atoms with Gasteiger partial charge in [-0.05, 0) is 31.5 Å². The molecule has 3 unspecified atom stereocenters. The summed E-state index contributed by atoms with van der Waals surface area (Å²) in [4.78, 5) is 11.8. The second kappa shape index (κ2) is 6.16. The minimum atomic E-state index is -0.397. The Balaban J connectivity index is 2.76. The van der Waals surface area contributed by atoms with Crippen molar-refractivity contribution in [2.45, 2.75) is 32.9 Å². The first-order valence-corrected chi connectivity index (χ1v) is 6.21. The van der Waals surface area contributed by atoms with Crippen molar-refractivity contribution in [3.8, 4) is 0 Å². The number of hydrogen-bond acceptors (Lipinski definition) is 2. The van der Waals surface area contributed by atoms with Crippen molar-refractivity contribution in [1.82, 2.24) is 5.32 Å². The molecule has 0 aliphatic carbocycles. The topological polar surface area (TPSA) is 55.1 Å². The van der Waals surface area contributed by atoms with E-state index >= 15 is 0 Å². The molecule has 0 saturated carbocycles. The van der Waals surface area contributed by atoms with E-state index in [2.05, 4.69) is 5.32 Å². The summed E-state index contributed by atoms with van der Waals surface area (Å²) >= 11 is 5.93. The van der Waals surface area contributed by atoms with Crippen LogP contribution in [0.2, 0.25) is 5.02 Å². The number of carbonyl (C=O) groups excluding carboxylic acids is 1. The zero-order chi connectivity index (χ0) is 13.9. The molecule has 0 heterocycles. The quantitative estimate of drug-likeness (QED) is 0.885. The maximum atomic E-state index is 12.9. The van der Waals surface area contributed by atoms with Gasteiger partial charge in [-0.2, -0.15) is 0 Å². The van der Waals surface area contributed by atoms with Gasteiger partial charge in [-0.15, -0.1) is 0 Å². The van der Waals surface area contributed by atoms with E-state index in [0.29, 0.717) is 10.6 Å². The van der Waals surface area contributed by atoms with Crippen LogP contribution >= 0.6 is 11.6 Å². The summed E-state index contributed by atoms with van der Waals surface area (Å²) in [5.41, 5.74) is 6.35. The number of hydrogen-bond donors (Lipinski definition) is 2. The monoisotopic (exact) mass is 272 g/mol. The van der Waals surface area contributed by atoms with Gasteiger partial charge in [0.2, 0.25) is 5.91 Å². The van der Waals surface area contributed by atoms with Gasteiger partial charge in [-0.25, -0.2) is 4.39 Å². The number of carbonyl (C=O) groups is 1. The van der Waals surface area contributed by atoms with Crippen molar-refractivity contribution in [2.24, 2.45) is 11.7 Å². The van der Waals surface area contributed by atoms with Crippen LogP contribution in [0.3, 0.4) is 0 Å². The summed E-state index contributed by atoms with van der Waals surface area (Å²) in [6.45, 7) is 5.34. The highest BCUT2D eigenvalue weighted by atomic mass is 35.5. The van der Waals surface area contributed by atoms with Gasteiger partial charge in [-0.1, -0.05) is 24.6 Å². The molecule has 0 fully saturated rings. The first-order chi connectivity index (χ1) is 8.32. The largest absolute Gasteiger partial charge is 0.349 e. The Morgan fingerprint density at radius 1 is 1.39 bits per heavy atom. The lowest BCUT2D eigenvalue weighted by Gasteiger charge is -2.20. The van der Waals surface area contributed by atoms with Crippen LogP contribution in [0, 0.1) is 11.7 Å². The van der Waals surface area contributed by atoms with E-state index in [1.807, 2.05) is 0 Å². The summed E-state index contributed by atoms with van der Waals surface area (Å²) in [6, 6.07) is 3.61. The molecule has 1 aromatic carbocycles. The highest BCUT2D eigenvalue weighted by molar-refractivity contribution is 6.31. The summed E-state index contributed by atoms with van der Waals surface area (Å²) in [6.07, 6.45) is 0. The molecule has 1 rings (SSSR count). The number of nitrogens with two attached hydrogens (primary N) is 1. The SMILES string of the molecule is CC(NC(=O)C(C)C(C)N)c1ccc(F)cc1Cl. The van der Waals surface area contributed by atoms with Gasteiger partial charge in [0.05, 0.1) is 6.04 Å². The number of nitrogens with one attached hydrogen (secondary N) is 1. The summed E-state index contributed by atoms with van der Waals surface area (Å²) in [5.74, 6) is -0.823. The molecule has 0 aliphatic heterocycles. The fraction of sp³-hybridized carbons (Fsp3) is 0.462. The molecule has 0 saturated heterocycles. The third kappa shape index (κ3) is 3.68. The lowest BCUT2D eigenvalue weighted by Crippen LogP contribution is -2.39. The molecule has 3 nitrogen and oxygen atoms in total. The molecule has 0 radical (unpaired) electrons. The maximum absolute atomic E-state index is 12.9. The standard InChI is InChI=1S/C13H18ClFN2O/c1-7(8(2)16)13(18)17-9(3)11-5-4-10(15)6-12(11)14/h4-9H,16H2,1-3H3,(H,17,18). The van der Waals surface area contributed by atoms with Crippen LogP contribution < -0.4 is 11.1 Å². The molecule has 100 valence electrons. The molecule has 0 bridgehead atoms. The van der Waals surface area contributed by atoms with Gasteiger partial charge in [0.1, 0.15) is 5.82 Å². The van der Waals surface area contributed by atoms with E-state index in [-0.39, 0.29) is 23.9 Å². The maximum Gasteiger partial charge on any atom is 0.224 e. The molecule has 3 atom stereocenters. The molecular weight excluding hydrogens is 255 g/mol. The molecular formula is C13H18ClFN2O. The summed E-state index contributed by atoms with van der Waals surface area (Å²) < 4.78 is 12.9. The fourth-order valence-corrected chi connectivity index (χ4v) is 1.84. The van der Waals surface area contributed by atoms with Gasteiger partial charge in [0.25, 0.3) is 0 Å². The molecule has 0 spiro atoms.